The van der Waals surface area contributed by atoms with Gasteiger partial charge in [-0.1, -0.05) is 23.8 Å². The van der Waals surface area contributed by atoms with Crippen molar-refractivity contribution in [3.05, 3.63) is 77.6 Å². The van der Waals surface area contributed by atoms with Gasteiger partial charge in [0.15, 0.2) is 0 Å². The van der Waals surface area contributed by atoms with E-state index in [-0.39, 0.29) is 16.2 Å². The summed E-state index contributed by atoms with van der Waals surface area (Å²) in [6, 6.07) is 14.3. The van der Waals surface area contributed by atoms with Crippen molar-refractivity contribution in [1.29, 1.82) is 0 Å². The lowest BCUT2D eigenvalue weighted by molar-refractivity contribution is 0.0990. The first kappa shape index (κ1) is 21.1. The molecule has 0 saturated carbocycles. The maximum absolute atomic E-state index is 13.0. The normalized spacial score (nSPS) is 11.2. The van der Waals surface area contributed by atoms with Crippen molar-refractivity contribution in [1.82, 2.24) is 4.57 Å². The number of nitrogens with one attached hydrogen (secondary N) is 1. The first-order valence-electron chi connectivity index (χ1n) is 9.03. The number of aryl methyl sites for hydroxylation is 2. The molecule has 0 atom stereocenters. The number of hydrogen-bond acceptors (Lipinski definition) is 4. The predicted octanol–water partition coefficient (Wildman–Crippen LogP) is 2.51. The van der Waals surface area contributed by atoms with Crippen molar-refractivity contribution in [2.24, 2.45) is 12.8 Å². The van der Waals surface area contributed by atoms with Gasteiger partial charge >= 0.3 is 0 Å². The molecule has 1 aromatic heterocycles. The van der Waals surface area contributed by atoms with Crippen LogP contribution >= 0.6 is 0 Å². The smallest absolute Gasteiger partial charge is 0.265 e. The second kappa shape index (κ2) is 8.03. The van der Waals surface area contributed by atoms with Crippen molar-refractivity contribution in [2.75, 3.05) is 16.7 Å². The van der Waals surface area contributed by atoms with Crippen molar-refractivity contribution in [2.45, 2.75) is 11.8 Å². The number of sulfonamides is 1. The molecule has 0 saturated heterocycles. The summed E-state index contributed by atoms with van der Waals surface area (Å²) in [5.41, 5.74) is 7.59. The van der Waals surface area contributed by atoms with Gasteiger partial charge in [-0.05, 0) is 43.3 Å². The van der Waals surface area contributed by atoms with Gasteiger partial charge in [0.2, 0.25) is 0 Å². The third-order valence-corrected chi connectivity index (χ3v) is 6.45. The highest BCUT2D eigenvalue weighted by Crippen LogP contribution is 2.23. The van der Waals surface area contributed by atoms with Crippen molar-refractivity contribution in [3.63, 3.8) is 0 Å². The van der Waals surface area contributed by atoms with E-state index in [1.807, 2.05) is 19.1 Å². The van der Waals surface area contributed by atoms with Crippen LogP contribution in [0, 0.1) is 6.92 Å². The van der Waals surface area contributed by atoms with E-state index < -0.39 is 21.8 Å². The molecule has 2 aromatic carbocycles. The van der Waals surface area contributed by atoms with Gasteiger partial charge in [0, 0.05) is 25.9 Å². The minimum Gasteiger partial charge on any atom is -0.364 e. The molecule has 0 aliphatic rings. The van der Waals surface area contributed by atoms with E-state index in [1.54, 1.807) is 25.4 Å². The van der Waals surface area contributed by atoms with Crippen molar-refractivity contribution >= 4 is 33.2 Å². The Hall–Kier alpha value is -3.59. The van der Waals surface area contributed by atoms with Crippen LogP contribution in [0.15, 0.2) is 65.7 Å². The van der Waals surface area contributed by atoms with Gasteiger partial charge in [0.1, 0.15) is 5.69 Å². The zero-order chi connectivity index (χ0) is 22.1. The van der Waals surface area contributed by atoms with Gasteiger partial charge < -0.3 is 15.6 Å². The Labute approximate surface area is 175 Å². The largest absolute Gasteiger partial charge is 0.364 e. The molecule has 0 aliphatic heterocycles. The van der Waals surface area contributed by atoms with Crippen LogP contribution in [-0.2, 0) is 17.1 Å². The summed E-state index contributed by atoms with van der Waals surface area (Å²) in [7, 11) is -0.770. The highest BCUT2D eigenvalue weighted by atomic mass is 32.2. The number of carbonyl (C=O) groups excluding carboxylic acids is 2. The number of hydrogen-bond donors (Lipinski definition) is 2. The van der Waals surface area contributed by atoms with E-state index >= 15 is 0 Å². The number of anilines is 2. The molecule has 0 radical (unpaired) electrons. The Balaban J connectivity index is 1.86. The number of nitrogens with two attached hydrogens (primary N) is 1. The zero-order valence-corrected chi connectivity index (χ0v) is 17.6. The molecular weight excluding hydrogens is 404 g/mol. The van der Waals surface area contributed by atoms with Gasteiger partial charge in [-0.3, -0.25) is 13.9 Å². The monoisotopic (exact) mass is 426 g/mol. The SMILES string of the molecule is Cc1ccc(N(C)S(=O)(=O)c2cccc(C(=O)Nc3cc(C(N)=O)n(C)c3)c2)cc1. The molecule has 30 heavy (non-hydrogen) atoms. The molecule has 156 valence electrons. The molecular formula is C21H22N4O4S. The van der Waals surface area contributed by atoms with E-state index in [1.165, 1.54) is 46.3 Å². The number of amides is 2. The third-order valence-electron chi connectivity index (χ3n) is 4.67. The first-order chi connectivity index (χ1) is 14.1. The highest BCUT2D eigenvalue weighted by molar-refractivity contribution is 7.92. The lowest BCUT2D eigenvalue weighted by Gasteiger charge is -2.20. The molecule has 3 aromatic rings. The number of benzene rings is 2. The fourth-order valence-electron chi connectivity index (χ4n) is 2.93. The number of carbonyl (C=O) groups is 2. The lowest BCUT2D eigenvalue weighted by Crippen LogP contribution is -2.26. The minimum atomic E-state index is -3.86. The Morgan fingerprint density at radius 2 is 1.73 bits per heavy atom. The fourth-order valence-corrected chi connectivity index (χ4v) is 4.17. The lowest BCUT2D eigenvalue weighted by atomic mass is 10.2. The second-order valence-corrected chi connectivity index (χ2v) is 8.85. The molecule has 0 bridgehead atoms. The van der Waals surface area contributed by atoms with Crippen LogP contribution in [0.2, 0.25) is 0 Å². The summed E-state index contributed by atoms with van der Waals surface area (Å²) in [6.07, 6.45) is 1.55. The highest BCUT2D eigenvalue weighted by Gasteiger charge is 2.22. The Kier molecular flexibility index (Phi) is 5.66. The minimum absolute atomic E-state index is 0.0101. The molecule has 3 N–H and O–H groups in total. The second-order valence-electron chi connectivity index (χ2n) is 6.88. The van der Waals surface area contributed by atoms with E-state index in [0.717, 1.165) is 5.56 Å². The number of aromatic nitrogens is 1. The van der Waals surface area contributed by atoms with Gasteiger partial charge in [-0.25, -0.2) is 8.42 Å². The van der Waals surface area contributed by atoms with Crippen LogP contribution in [0.1, 0.15) is 26.4 Å². The molecule has 1 heterocycles. The molecule has 3 rings (SSSR count). The number of primary amides is 1. The molecule has 0 fully saturated rings. The maximum atomic E-state index is 13.0. The summed E-state index contributed by atoms with van der Waals surface area (Å²) < 4.78 is 28.7. The van der Waals surface area contributed by atoms with Crippen LogP contribution in [0.3, 0.4) is 0 Å². The van der Waals surface area contributed by atoms with Gasteiger partial charge in [-0.2, -0.15) is 0 Å². The summed E-state index contributed by atoms with van der Waals surface area (Å²) in [4.78, 5) is 24.0. The predicted molar refractivity (Wildman–Crippen MR) is 115 cm³/mol. The van der Waals surface area contributed by atoms with E-state index in [0.29, 0.717) is 11.4 Å². The van der Waals surface area contributed by atoms with Crippen molar-refractivity contribution < 1.29 is 18.0 Å². The topological polar surface area (TPSA) is 114 Å². The first-order valence-corrected chi connectivity index (χ1v) is 10.5. The van der Waals surface area contributed by atoms with Crippen molar-refractivity contribution in [3.8, 4) is 0 Å². The van der Waals surface area contributed by atoms with Crippen LogP contribution in [0.25, 0.3) is 0 Å². The molecule has 0 aliphatic carbocycles. The Morgan fingerprint density at radius 1 is 1.07 bits per heavy atom. The summed E-state index contributed by atoms with van der Waals surface area (Å²) in [5.74, 6) is -1.13. The van der Waals surface area contributed by atoms with Gasteiger partial charge in [0.25, 0.3) is 21.8 Å². The number of rotatable bonds is 6. The van der Waals surface area contributed by atoms with E-state index in [9.17, 15) is 18.0 Å². The third kappa shape index (κ3) is 4.20. The summed E-state index contributed by atoms with van der Waals surface area (Å²) in [5, 5.41) is 2.64. The van der Waals surface area contributed by atoms with Gasteiger partial charge in [0.05, 0.1) is 16.3 Å². The summed E-state index contributed by atoms with van der Waals surface area (Å²) in [6.45, 7) is 1.92. The van der Waals surface area contributed by atoms with Crippen LogP contribution < -0.4 is 15.4 Å². The van der Waals surface area contributed by atoms with E-state index in [2.05, 4.69) is 5.32 Å². The molecule has 0 spiro atoms. The fraction of sp³-hybridized carbons (Fsp3) is 0.143. The molecule has 2 amide bonds. The molecule has 9 heteroatoms. The molecule has 8 nitrogen and oxygen atoms in total. The standard InChI is InChI=1S/C21H22N4O4S/c1-14-7-9-17(10-8-14)25(3)30(28,29)18-6-4-5-15(11-18)21(27)23-16-12-19(20(22)26)24(2)13-16/h4-13H,1-3H3,(H2,22,26)(H,23,27). The maximum Gasteiger partial charge on any atom is 0.265 e. The van der Waals surface area contributed by atoms with Crippen LogP contribution in [-0.4, -0.2) is 31.8 Å². The van der Waals surface area contributed by atoms with Crippen LogP contribution in [0.4, 0.5) is 11.4 Å². The molecule has 0 unspecified atom stereocenters. The average molecular weight is 426 g/mol. The van der Waals surface area contributed by atoms with Crippen LogP contribution in [0.5, 0.6) is 0 Å². The number of nitrogens with zero attached hydrogens (tertiary/aromatic N) is 2. The quantitative estimate of drug-likeness (QED) is 0.630. The Morgan fingerprint density at radius 3 is 2.33 bits per heavy atom. The van der Waals surface area contributed by atoms with Gasteiger partial charge in [-0.15, -0.1) is 0 Å². The Bertz CT molecular complexity index is 1210. The average Bonchev–Trinajstić information content (AvgIpc) is 3.08. The zero-order valence-electron chi connectivity index (χ0n) is 16.8. The van der Waals surface area contributed by atoms with E-state index in [4.69, 9.17) is 5.73 Å². The summed E-state index contributed by atoms with van der Waals surface area (Å²) >= 11 is 0.